The molecule has 0 aromatic heterocycles. The lowest BCUT2D eigenvalue weighted by atomic mass is 9.76. The predicted molar refractivity (Wildman–Crippen MR) is 91.6 cm³/mol. The number of rotatable bonds is 4. The van der Waals surface area contributed by atoms with Gasteiger partial charge in [-0.3, -0.25) is 0 Å². The van der Waals surface area contributed by atoms with Gasteiger partial charge in [0, 0.05) is 36.5 Å². The van der Waals surface area contributed by atoms with E-state index < -0.39 is 0 Å². The van der Waals surface area contributed by atoms with Crippen LogP contribution in [0.4, 0.5) is 11.4 Å². The van der Waals surface area contributed by atoms with Crippen LogP contribution >= 0.6 is 11.6 Å². The standard InChI is InChI=1S/C18H21ClN2/c1-21(2)16-9-7-14(8-10-16)20-15-11-13(12-15)17-5-3-4-6-18(17)19/h3-10,13,15,20H,11-12H2,1-2H3. The van der Waals surface area contributed by atoms with Crippen LogP contribution in [0.1, 0.15) is 24.3 Å². The molecule has 1 N–H and O–H groups in total. The van der Waals surface area contributed by atoms with E-state index in [1.54, 1.807) is 0 Å². The first-order chi connectivity index (χ1) is 10.1. The largest absolute Gasteiger partial charge is 0.382 e. The van der Waals surface area contributed by atoms with Crippen LogP contribution in [-0.2, 0) is 0 Å². The minimum absolute atomic E-state index is 0.552. The summed E-state index contributed by atoms with van der Waals surface area (Å²) in [5.74, 6) is 0.595. The fourth-order valence-electron chi connectivity index (χ4n) is 2.89. The molecule has 0 amide bonds. The molecule has 0 saturated heterocycles. The fourth-order valence-corrected chi connectivity index (χ4v) is 3.18. The van der Waals surface area contributed by atoms with Crippen molar-refractivity contribution in [2.75, 3.05) is 24.3 Å². The van der Waals surface area contributed by atoms with Crippen molar-refractivity contribution in [1.82, 2.24) is 0 Å². The Labute approximate surface area is 131 Å². The highest BCUT2D eigenvalue weighted by atomic mass is 35.5. The first-order valence-electron chi connectivity index (χ1n) is 7.42. The number of hydrogen-bond acceptors (Lipinski definition) is 2. The molecule has 21 heavy (non-hydrogen) atoms. The van der Waals surface area contributed by atoms with Crippen LogP contribution in [0.5, 0.6) is 0 Å². The van der Waals surface area contributed by atoms with Gasteiger partial charge in [0.1, 0.15) is 0 Å². The van der Waals surface area contributed by atoms with Gasteiger partial charge in [0.2, 0.25) is 0 Å². The quantitative estimate of drug-likeness (QED) is 0.875. The van der Waals surface area contributed by atoms with Gasteiger partial charge >= 0.3 is 0 Å². The van der Waals surface area contributed by atoms with E-state index in [1.807, 2.05) is 12.1 Å². The van der Waals surface area contributed by atoms with Crippen LogP contribution in [0, 0.1) is 0 Å². The number of halogens is 1. The molecule has 1 aliphatic carbocycles. The van der Waals surface area contributed by atoms with Gasteiger partial charge in [-0.15, -0.1) is 0 Å². The maximum absolute atomic E-state index is 6.26. The van der Waals surface area contributed by atoms with Gasteiger partial charge in [-0.2, -0.15) is 0 Å². The highest BCUT2D eigenvalue weighted by Gasteiger charge is 2.31. The maximum Gasteiger partial charge on any atom is 0.0440 e. The third-order valence-electron chi connectivity index (χ3n) is 4.24. The van der Waals surface area contributed by atoms with E-state index in [2.05, 4.69) is 60.7 Å². The third kappa shape index (κ3) is 3.16. The summed E-state index contributed by atoms with van der Waals surface area (Å²) in [7, 11) is 4.12. The number of anilines is 2. The lowest BCUT2D eigenvalue weighted by Crippen LogP contribution is -2.34. The van der Waals surface area contributed by atoms with Crippen LogP contribution in [-0.4, -0.2) is 20.1 Å². The Kier molecular flexibility index (Phi) is 4.07. The van der Waals surface area contributed by atoms with Crippen molar-refractivity contribution < 1.29 is 0 Å². The van der Waals surface area contributed by atoms with E-state index in [4.69, 9.17) is 11.6 Å². The van der Waals surface area contributed by atoms with Crippen LogP contribution in [0.3, 0.4) is 0 Å². The van der Waals surface area contributed by atoms with Crippen LogP contribution < -0.4 is 10.2 Å². The van der Waals surface area contributed by atoms with Gasteiger partial charge < -0.3 is 10.2 Å². The second-order valence-corrected chi connectivity index (χ2v) is 6.38. The third-order valence-corrected chi connectivity index (χ3v) is 4.58. The summed E-state index contributed by atoms with van der Waals surface area (Å²) in [6.07, 6.45) is 2.30. The lowest BCUT2D eigenvalue weighted by molar-refractivity contribution is 0.374. The second kappa shape index (κ2) is 5.98. The van der Waals surface area contributed by atoms with Gasteiger partial charge in [0.05, 0.1) is 0 Å². The van der Waals surface area contributed by atoms with E-state index in [-0.39, 0.29) is 0 Å². The molecule has 0 unspecified atom stereocenters. The smallest absolute Gasteiger partial charge is 0.0440 e. The molecule has 1 fully saturated rings. The van der Waals surface area contributed by atoms with Crippen molar-refractivity contribution in [2.45, 2.75) is 24.8 Å². The van der Waals surface area contributed by atoms with Crippen LogP contribution in [0.25, 0.3) is 0 Å². The summed E-state index contributed by atoms with van der Waals surface area (Å²) in [4.78, 5) is 2.11. The normalized spacial score (nSPS) is 20.7. The highest BCUT2D eigenvalue weighted by Crippen LogP contribution is 2.41. The summed E-state index contributed by atoms with van der Waals surface area (Å²) >= 11 is 6.26. The molecular formula is C18H21ClN2. The molecule has 2 aromatic carbocycles. The summed E-state index contributed by atoms with van der Waals surface area (Å²) in [5, 5.41) is 4.50. The number of nitrogens with one attached hydrogen (secondary N) is 1. The molecule has 2 nitrogen and oxygen atoms in total. The van der Waals surface area contributed by atoms with Crippen molar-refractivity contribution in [3.05, 3.63) is 59.1 Å². The maximum atomic E-state index is 6.26. The average Bonchev–Trinajstić information content (AvgIpc) is 2.44. The molecule has 1 aliphatic rings. The summed E-state index contributed by atoms with van der Waals surface area (Å²) < 4.78 is 0. The molecule has 0 spiro atoms. The summed E-state index contributed by atoms with van der Waals surface area (Å²) in [5.41, 5.74) is 3.71. The summed E-state index contributed by atoms with van der Waals surface area (Å²) in [6.45, 7) is 0. The highest BCUT2D eigenvalue weighted by molar-refractivity contribution is 6.31. The Hall–Kier alpha value is -1.67. The van der Waals surface area contributed by atoms with Crippen LogP contribution in [0.2, 0.25) is 5.02 Å². The molecule has 0 radical (unpaired) electrons. The first-order valence-corrected chi connectivity index (χ1v) is 7.79. The molecule has 2 aromatic rings. The van der Waals surface area contributed by atoms with Gasteiger partial charge in [-0.05, 0) is 54.7 Å². The van der Waals surface area contributed by atoms with Gasteiger partial charge in [0.25, 0.3) is 0 Å². The Morgan fingerprint density at radius 3 is 2.29 bits per heavy atom. The minimum atomic E-state index is 0.552. The topological polar surface area (TPSA) is 15.3 Å². The average molecular weight is 301 g/mol. The van der Waals surface area contributed by atoms with Crippen molar-refractivity contribution in [1.29, 1.82) is 0 Å². The van der Waals surface area contributed by atoms with Crippen molar-refractivity contribution >= 4 is 23.0 Å². The number of benzene rings is 2. The van der Waals surface area contributed by atoms with E-state index in [1.165, 1.54) is 16.9 Å². The zero-order valence-corrected chi connectivity index (χ0v) is 13.3. The van der Waals surface area contributed by atoms with E-state index in [9.17, 15) is 0 Å². The van der Waals surface area contributed by atoms with Gasteiger partial charge in [-0.25, -0.2) is 0 Å². The zero-order chi connectivity index (χ0) is 14.8. The molecule has 3 heteroatoms. The Balaban J connectivity index is 1.56. The fraction of sp³-hybridized carbons (Fsp3) is 0.333. The van der Waals surface area contributed by atoms with Gasteiger partial charge in [0.15, 0.2) is 0 Å². The second-order valence-electron chi connectivity index (χ2n) is 5.97. The molecule has 0 heterocycles. The summed E-state index contributed by atoms with van der Waals surface area (Å²) in [6, 6.07) is 17.3. The molecule has 1 saturated carbocycles. The Morgan fingerprint density at radius 1 is 1.00 bits per heavy atom. The molecule has 0 bridgehead atoms. The van der Waals surface area contributed by atoms with E-state index >= 15 is 0 Å². The van der Waals surface area contributed by atoms with E-state index in [0.717, 1.165) is 17.9 Å². The first kappa shape index (κ1) is 14.3. The van der Waals surface area contributed by atoms with Crippen molar-refractivity contribution in [3.63, 3.8) is 0 Å². The molecular weight excluding hydrogens is 280 g/mol. The lowest BCUT2D eigenvalue weighted by Gasteiger charge is -2.37. The molecule has 110 valence electrons. The SMILES string of the molecule is CN(C)c1ccc(NC2CC(c3ccccc3Cl)C2)cc1. The monoisotopic (exact) mass is 300 g/mol. The van der Waals surface area contributed by atoms with Crippen LogP contribution in [0.15, 0.2) is 48.5 Å². The number of hydrogen-bond donors (Lipinski definition) is 1. The van der Waals surface area contributed by atoms with Crippen molar-refractivity contribution in [3.8, 4) is 0 Å². The molecule has 0 atom stereocenters. The zero-order valence-electron chi connectivity index (χ0n) is 12.5. The number of nitrogens with zero attached hydrogens (tertiary/aromatic N) is 1. The van der Waals surface area contributed by atoms with Crippen molar-refractivity contribution in [2.24, 2.45) is 0 Å². The minimum Gasteiger partial charge on any atom is -0.382 e. The predicted octanol–water partition coefficient (Wildman–Crippen LogP) is 4.76. The Morgan fingerprint density at radius 2 is 1.67 bits per heavy atom. The Bertz CT molecular complexity index is 601. The van der Waals surface area contributed by atoms with Gasteiger partial charge in [-0.1, -0.05) is 29.8 Å². The van der Waals surface area contributed by atoms with E-state index in [0.29, 0.717) is 12.0 Å². The molecule has 3 rings (SSSR count). The molecule has 0 aliphatic heterocycles.